The molecule has 0 bridgehead atoms. The van der Waals surface area contributed by atoms with Crippen molar-refractivity contribution in [2.45, 2.75) is 52.5 Å². The minimum absolute atomic E-state index is 0.0870. The molecule has 0 saturated carbocycles. The van der Waals surface area contributed by atoms with Gasteiger partial charge in [0.15, 0.2) is 5.82 Å². The van der Waals surface area contributed by atoms with E-state index in [1.54, 1.807) is 0 Å². The fraction of sp³-hybridized carbons (Fsp3) is 0.750. The maximum Gasteiger partial charge on any atom is 0.151 e. The predicted octanol–water partition coefficient (Wildman–Crippen LogP) is 2.74. The lowest BCUT2D eigenvalue weighted by Gasteiger charge is -2.23. The van der Waals surface area contributed by atoms with Crippen LogP contribution < -0.4 is 5.32 Å². The third kappa shape index (κ3) is 2.33. The maximum absolute atomic E-state index is 4.38. The van der Waals surface area contributed by atoms with E-state index in [0.29, 0.717) is 0 Å². The minimum atomic E-state index is 0.0870. The topological polar surface area (TPSA) is 40.7 Å². The minimum Gasteiger partial charge on any atom is -0.364 e. The van der Waals surface area contributed by atoms with Gasteiger partial charge < -0.3 is 5.32 Å². The summed E-state index contributed by atoms with van der Waals surface area (Å²) in [4.78, 5) is 0. The normalized spacial score (nSPS) is 21.2. The zero-order valence-electron chi connectivity index (χ0n) is 10.1. The molecule has 1 aliphatic rings. The molecule has 1 aliphatic carbocycles. The van der Waals surface area contributed by atoms with Gasteiger partial charge in [0.1, 0.15) is 0 Å². The zero-order valence-corrected chi connectivity index (χ0v) is 10.1. The van der Waals surface area contributed by atoms with E-state index in [2.05, 4.69) is 43.2 Å². The van der Waals surface area contributed by atoms with Crippen molar-refractivity contribution >= 4 is 5.82 Å². The number of fused-ring (bicyclic) bond motifs is 1. The van der Waals surface area contributed by atoms with Crippen molar-refractivity contribution in [3.63, 3.8) is 0 Å². The van der Waals surface area contributed by atoms with E-state index in [1.165, 1.54) is 17.7 Å². The Morgan fingerprint density at radius 2 is 2.13 bits per heavy atom. The van der Waals surface area contributed by atoms with E-state index in [9.17, 15) is 0 Å². The number of nitrogens with zero attached hydrogens (tertiary/aromatic N) is 1. The number of nitrogens with one attached hydrogen (secondary N) is 2. The summed E-state index contributed by atoms with van der Waals surface area (Å²) in [6.45, 7) is 8.82. The van der Waals surface area contributed by atoms with Crippen LogP contribution in [0.4, 0.5) is 5.82 Å². The van der Waals surface area contributed by atoms with Gasteiger partial charge in [-0.2, -0.15) is 5.10 Å². The first-order valence-corrected chi connectivity index (χ1v) is 5.80. The number of hydrogen-bond acceptors (Lipinski definition) is 2. The van der Waals surface area contributed by atoms with Crippen LogP contribution in [0.2, 0.25) is 0 Å². The summed E-state index contributed by atoms with van der Waals surface area (Å²) in [5.41, 5.74) is 2.83. The fourth-order valence-electron chi connectivity index (χ4n) is 2.13. The summed E-state index contributed by atoms with van der Waals surface area (Å²) in [6.07, 6.45) is 3.59. The smallest absolute Gasteiger partial charge is 0.151 e. The van der Waals surface area contributed by atoms with Gasteiger partial charge in [0.2, 0.25) is 0 Å². The van der Waals surface area contributed by atoms with Crippen LogP contribution in [0.15, 0.2) is 0 Å². The second-order valence-electron chi connectivity index (χ2n) is 5.75. The van der Waals surface area contributed by atoms with Crippen LogP contribution in [0, 0.1) is 5.92 Å². The molecule has 84 valence electrons. The Hall–Kier alpha value is -0.990. The molecule has 1 aromatic rings. The molecule has 0 aliphatic heterocycles. The number of anilines is 1. The summed E-state index contributed by atoms with van der Waals surface area (Å²) >= 11 is 0. The quantitative estimate of drug-likeness (QED) is 0.743. The molecule has 0 radical (unpaired) electrons. The number of aromatic amines is 1. The third-order valence-corrected chi connectivity index (χ3v) is 2.89. The molecule has 1 atom stereocenters. The molecule has 2 N–H and O–H groups in total. The number of rotatable bonds is 1. The molecule has 15 heavy (non-hydrogen) atoms. The van der Waals surface area contributed by atoms with Crippen molar-refractivity contribution in [2.24, 2.45) is 5.92 Å². The van der Waals surface area contributed by atoms with E-state index in [0.717, 1.165) is 24.6 Å². The molecule has 0 spiro atoms. The third-order valence-electron chi connectivity index (χ3n) is 2.89. The highest BCUT2D eigenvalue weighted by molar-refractivity contribution is 5.49. The van der Waals surface area contributed by atoms with Crippen molar-refractivity contribution in [3.05, 3.63) is 11.3 Å². The second-order valence-corrected chi connectivity index (χ2v) is 5.75. The summed E-state index contributed by atoms with van der Waals surface area (Å²) in [5.74, 6) is 1.85. The van der Waals surface area contributed by atoms with Crippen molar-refractivity contribution in [3.8, 4) is 0 Å². The number of hydrogen-bond donors (Lipinski definition) is 2. The molecular formula is C12H21N3. The lowest BCUT2D eigenvalue weighted by Crippen LogP contribution is -2.27. The van der Waals surface area contributed by atoms with Gasteiger partial charge in [0, 0.05) is 16.8 Å². The molecule has 2 rings (SSSR count). The van der Waals surface area contributed by atoms with Gasteiger partial charge in [-0.25, -0.2) is 0 Å². The van der Waals surface area contributed by atoms with Crippen molar-refractivity contribution in [2.75, 3.05) is 5.32 Å². The first-order chi connectivity index (χ1) is 6.96. The Balaban J connectivity index is 2.23. The van der Waals surface area contributed by atoms with Crippen molar-refractivity contribution < 1.29 is 0 Å². The van der Waals surface area contributed by atoms with Crippen LogP contribution in [0.25, 0.3) is 0 Å². The molecule has 0 aromatic carbocycles. The van der Waals surface area contributed by atoms with Crippen LogP contribution in [0.1, 0.15) is 45.4 Å². The average Bonchev–Trinajstić information content (AvgIpc) is 2.46. The van der Waals surface area contributed by atoms with E-state index in [-0.39, 0.29) is 5.54 Å². The molecule has 1 heterocycles. The first kappa shape index (κ1) is 10.5. The van der Waals surface area contributed by atoms with Gasteiger partial charge in [-0.3, -0.25) is 5.10 Å². The van der Waals surface area contributed by atoms with E-state index >= 15 is 0 Å². The van der Waals surface area contributed by atoms with Gasteiger partial charge in [-0.05, 0) is 46.0 Å². The summed E-state index contributed by atoms with van der Waals surface area (Å²) in [7, 11) is 0. The average molecular weight is 207 g/mol. The molecule has 0 fully saturated rings. The Labute approximate surface area is 91.7 Å². The van der Waals surface area contributed by atoms with Gasteiger partial charge in [0.05, 0.1) is 0 Å². The summed E-state index contributed by atoms with van der Waals surface area (Å²) < 4.78 is 0. The van der Waals surface area contributed by atoms with Crippen LogP contribution in [-0.4, -0.2) is 15.7 Å². The van der Waals surface area contributed by atoms with E-state index in [4.69, 9.17) is 0 Å². The first-order valence-electron chi connectivity index (χ1n) is 5.80. The highest BCUT2D eigenvalue weighted by Gasteiger charge is 2.23. The Morgan fingerprint density at radius 1 is 1.40 bits per heavy atom. The SMILES string of the molecule is CC1CCc2[nH]nc(NC(C)(C)C)c2C1. The molecule has 0 saturated heterocycles. The number of aromatic nitrogens is 2. The van der Waals surface area contributed by atoms with Gasteiger partial charge in [-0.1, -0.05) is 6.92 Å². The summed E-state index contributed by atoms with van der Waals surface area (Å²) in [6, 6.07) is 0. The molecule has 1 unspecified atom stereocenters. The van der Waals surface area contributed by atoms with E-state index in [1.807, 2.05) is 0 Å². The van der Waals surface area contributed by atoms with Crippen LogP contribution in [0.5, 0.6) is 0 Å². The molecule has 1 aromatic heterocycles. The largest absolute Gasteiger partial charge is 0.364 e. The zero-order chi connectivity index (χ0) is 11.1. The van der Waals surface area contributed by atoms with Gasteiger partial charge in [-0.15, -0.1) is 0 Å². The molecule has 3 heteroatoms. The van der Waals surface area contributed by atoms with Gasteiger partial charge in [0.25, 0.3) is 0 Å². The van der Waals surface area contributed by atoms with Crippen LogP contribution in [-0.2, 0) is 12.8 Å². The maximum atomic E-state index is 4.38. The summed E-state index contributed by atoms with van der Waals surface area (Å²) in [5, 5.41) is 11.0. The van der Waals surface area contributed by atoms with E-state index < -0.39 is 0 Å². The molecular weight excluding hydrogens is 186 g/mol. The lowest BCUT2D eigenvalue weighted by molar-refractivity contribution is 0.497. The van der Waals surface area contributed by atoms with Crippen LogP contribution >= 0.6 is 0 Å². The van der Waals surface area contributed by atoms with Crippen LogP contribution in [0.3, 0.4) is 0 Å². The van der Waals surface area contributed by atoms with Gasteiger partial charge >= 0.3 is 0 Å². The highest BCUT2D eigenvalue weighted by atomic mass is 15.2. The number of H-pyrrole nitrogens is 1. The molecule has 0 amide bonds. The highest BCUT2D eigenvalue weighted by Crippen LogP contribution is 2.29. The Morgan fingerprint density at radius 3 is 2.80 bits per heavy atom. The Kier molecular flexibility index (Phi) is 2.49. The molecule has 3 nitrogen and oxygen atoms in total. The number of aryl methyl sites for hydroxylation is 1. The van der Waals surface area contributed by atoms with Crippen molar-refractivity contribution in [1.29, 1.82) is 0 Å². The lowest BCUT2D eigenvalue weighted by atomic mass is 9.88. The monoisotopic (exact) mass is 207 g/mol. The van der Waals surface area contributed by atoms with Crippen molar-refractivity contribution in [1.82, 2.24) is 10.2 Å². The Bertz CT molecular complexity index is 346. The predicted molar refractivity (Wildman–Crippen MR) is 63.2 cm³/mol. The standard InChI is InChI=1S/C12H21N3/c1-8-5-6-10-9(7-8)11(15-14-10)13-12(2,3)4/h8H,5-7H2,1-4H3,(H2,13,14,15). The fourth-order valence-corrected chi connectivity index (χ4v) is 2.13. The second kappa shape index (κ2) is 3.54.